The van der Waals surface area contributed by atoms with Crippen LogP contribution in [0.4, 0.5) is 4.39 Å². The van der Waals surface area contributed by atoms with E-state index in [4.69, 9.17) is 0 Å². The predicted octanol–water partition coefficient (Wildman–Crippen LogP) is 15.8. The Balaban J connectivity index is 1.38. The minimum atomic E-state index is -0.221. The maximum absolute atomic E-state index is 15.9. The summed E-state index contributed by atoms with van der Waals surface area (Å²) >= 11 is 11.8. The lowest BCUT2D eigenvalue weighted by Crippen LogP contribution is -2.05. The highest BCUT2D eigenvalue weighted by Crippen LogP contribution is 2.44. The summed E-state index contributed by atoms with van der Waals surface area (Å²) in [5.74, 6) is 0.458. The molecular weight excluding hydrogens is 759 g/mol. The van der Waals surface area contributed by atoms with Crippen LogP contribution < -0.4 is 0 Å². The zero-order chi connectivity index (χ0) is 32.6. The van der Waals surface area contributed by atoms with E-state index in [1.165, 1.54) is 146 Å². The molecule has 1 aromatic carbocycles. The molecule has 1 atom stereocenters. The summed E-state index contributed by atoms with van der Waals surface area (Å²) in [7, 11) is 0. The van der Waals surface area contributed by atoms with Gasteiger partial charge < -0.3 is 0 Å². The molecule has 0 spiro atoms. The second kappa shape index (κ2) is 21.4. The van der Waals surface area contributed by atoms with Gasteiger partial charge in [-0.25, -0.2) is 4.39 Å². The first-order chi connectivity index (χ1) is 22.5. The van der Waals surface area contributed by atoms with E-state index in [2.05, 4.69) is 60.5 Å². The van der Waals surface area contributed by atoms with Crippen LogP contribution in [0.5, 0.6) is 0 Å². The smallest absolute Gasteiger partial charge is 0.134 e. The number of benzene rings is 1. The summed E-state index contributed by atoms with van der Waals surface area (Å²) in [4.78, 5) is 1.94. The summed E-state index contributed by atoms with van der Waals surface area (Å²) in [6, 6.07) is 7.90. The maximum atomic E-state index is 15.9. The van der Waals surface area contributed by atoms with Gasteiger partial charge in [0.25, 0.3) is 0 Å². The number of hydrogen-bond acceptors (Lipinski definition) is 5. The van der Waals surface area contributed by atoms with Crippen molar-refractivity contribution in [1.29, 1.82) is 0 Å². The van der Waals surface area contributed by atoms with E-state index in [1.807, 2.05) is 12.1 Å². The van der Waals surface area contributed by atoms with Crippen molar-refractivity contribution in [2.75, 3.05) is 0 Å². The second-order valence-electron chi connectivity index (χ2n) is 13.1. The monoisotopic (exact) mass is 810 g/mol. The van der Waals surface area contributed by atoms with Gasteiger partial charge in [-0.15, -0.1) is 22.7 Å². The van der Waals surface area contributed by atoms with E-state index in [1.54, 1.807) is 28.7 Å². The summed E-state index contributed by atoms with van der Waals surface area (Å²) in [5.41, 5.74) is 4.19. The Morgan fingerprint density at radius 3 is 1.74 bits per heavy atom. The van der Waals surface area contributed by atoms with Gasteiger partial charge in [0.05, 0.1) is 24.9 Å². The van der Waals surface area contributed by atoms with Crippen molar-refractivity contribution in [2.24, 2.45) is 5.92 Å². The van der Waals surface area contributed by atoms with Gasteiger partial charge in [-0.05, 0) is 74.0 Å². The zero-order valence-corrected chi connectivity index (χ0v) is 33.6. The topological polar surface area (TPSA) is 25.8 Å². The number of nitrogens with zero attached hydrogens (tertiary/aromatic N) is 2. The lowest BCUT2D eigenvalue weighted by Gasteiger charge is -2.17. The van der Waals surface area contributed by atoms with Gasteiger partial charge in [0.15, 0.2) is 0 Å². The molecule has 0 fully saturated rings. The van der Waals surface area contributed by atoms with E-state index >= 15 is 4.39 Å². The van der Waals surface area contributed by atoms with Crippen LogP contribution in [0.1, 0.15) is 148 Å². The minimum absolute atomic E-state index is 0.221. The van der Waals surface area contributed by atoms with Crippen LogP contribution in [0, 0.1) is 11.7 Å². The molecule has 0 aliphatic heterocycles. The lowest BCUT2D eigenvalue weighted by atomic mass is 9.89. The van der Waals surface area contributed by atoms with Gasteiger partial charge in [-0.1, -0.05) is 142 Å². The van der Waals surface area contributed by atoms with Crippen molar-refractivity contribution in [3.8, 4) is 20.9 Å². The quantitative estimate of drug-likeness (QED) is 0.0659. The Morgan fingerprint density at radius 1 is 0.652 bits per heavy atom. The second-order valence-corrected chi connectivity index (χ2v) is 18.4. The van der Waals surface area contributed by atoms with E-state index < -0.39 is 0 Å². The average Bonchev–Trinajstić information content (AvgIpc) is 3.79. The third kappa shape index (κ3) is 12.0. The number of hydrogen-bond donors (Lipinski definition) is 0. The Bertz CT molecular complexity index is 1430. The molecule has 0 N–H and O–H groups in total. The molecule has 0 saturated heterocycles. The molecule has 8 heteroatoms. The Morgan fingerprint density at radius 2 is 1.20 bits per heavy atom. The first kappa shape index (κ1) is 38.1. The highest BCUT2D eigenvalue weighted by atomic mass is 79.9. The Kier molecular flexibility index (Phi) is 17.8. The van der Waals surface area contributed by atoms with Crippen molar-refractivity contribution in [1.82, 2.24) is 8.75 Å². The molecule has 0 bridgehead atoms. The molecule has 3 aromatic heterocycles. The number of rotatable bonds is 24. The van der Waals surface area contributed by atoms with Crippen molar-refractivity contribution in [3.63, 3.8) is 0 Å². The first-order valence-corrected chi connectivity index (χ1v) is 22.0. The lowest BCUT2D eigenvalue weighted by molar-refractivity contribution is 0.400. The van der Waals surface area contributed by atoms with E-state index in [-0.39, 0.29) is 5.82 Å². The van der Waals surface area contributed by atoms with Gasteiger partial charge in [0, 0.05) is 15.3 Å². The molecule has 254 valence electrons. The molecular formula is C38H53Br2FN2S3. The fourth-order valence-corrected chi connectivity index (χ4v) is 10.3. The standard InChI is InChI=1S/C38H53Br2FN2S3/c1-3-5-7-9-11-13-14-16-18-20-22-28(21-19-17-15-12-10-8-6-4-2)25-29-26-33(45-38(29)40)35-31(41)27-30(32-23-24-34(39)44-32)36-37(35)43-46-42-36/h23-24,26-28H,3-22,25H2,1-2H3. The molecule has 46 heavy (non-hydrogen) atoms. The molecule has 1 unspecified atom stereocenters. The number of unbranched alkanes of at least 4 members (excludes halogenated alkanes) is 16. The summed E-state index contributed by atoms with van der Waals surface area (Å²) in [6.45, 7) is 4.58. The van der Waals surface area contributed by atoms with Crippen molar-refractivity contribution >= 4 is 77.3 Å². The zero-order valence-electron chi connectivity index (χ0n) is 28.0. The van der Waals surface area contributed by atoms with Crippen LogP contribution in [0.3, 0.4) is 0 Å². The molecule has 0 amide bonds. The highest BCUT2D eigenvalue weighted by molar-refractivity contribution is 9.11. The van der Waals surface area contributed by atoms with Crippen LogP contribution in [0.2, 0.25) is 0 Å². The average molecular weight is 813 g/mol. The Hall–Kier alpha value is -0.670. The predicted molar refractivity (Wildman–Crippen MR) is 210 cm³/mol. The van der Waals surface area contributed by atoms with Gasteiger partial charge >= 0.3 is 0 Å². The fraction of sp³-hybridized carbons (Fsp3) is 0.632. The third-order valence-electron chi connectivity index (χ3n) is 9.27. The van der Waals surface area contributed by atoms with Crippen LogP contribution in [-0.2, 0) is 6.42 Å². The van der Waals surface area contributed by atoms with Crippen LogP contribution in [0.25, 0.3) is 31.9 Å². The van der Waals surface area contributed by atoms with E-state index in [0.717, 1.165) is 34.8 Å². The van der Waals surface area contributed by atoms with Crippen LogP contribution in [-0.4, -0.2) is 8.75 Å². The molecule has 4 aromatic rings. The summed E-state index contributed by atoms with van der Waals surface area (Å²) < 4.78 is 27.2. The number of aromatic nitrogens is 2. The number of fused-ring (bicyclic) bond motifs is 1. The van der Waals surface area contributed by atoms with Gasteiger partial charge in [0.2, 0.25) is 0 Å². The maximum Gasteiger partial charge on any atom is 0.134 e. The number of halogens is 3. The normalized spacial score (nSPS) is 12.5. The molecule has 3 heterocycles. The Labute approximate surface area is 307 Å². The molecule has 0 aliphatic rings. The van der Waals surface area contributed by atoms with Crippen molar-refractivity contribution in [3.05, 3.63) is 43.2 Å². The fourth-order valence-electron chi connectivity index (χ4n) is 6.61. The summed E-state index contributed by atoms with van der Waals surface area (Å²) in [5, 5.41) is 0. The molecule has 0 saturated carbocycles. The SMILES string of the molecule is CCCCCCCCCCCCC(CCCCCCCCCC)Cc1cc(-c2c(F)cc(-c3ccc(Br)s3)c3nsnc23)sc1Br. The number of thiophene rings is 2. The molecule has 0 aliphatic carbocycles. The van der Waals surface area contributed by atoms with E-state index in [0.29, 0.717) is 17.0 Å². The van der Waals surface area contributed by atoms with Crippen molar-refractivity contribution in [2.45, 2.75) is 149 Å². The first-order valence-electron chi connectivity index (χ1n) is 18.0. The van der Waals surface area contributed by atoms with Crippen LogP contribution in [0.15, 0.2) is 31.8 Å². The largest absolute Gasteiger partial charge is 0.206 e. The van der Waals surface area contributed by atoms with E-state index in [9.17, 15) is 0 Å². The summed E-state index contributed by atoms with van der Waals surface area (Å²) in [6.07, 6.45) is 28.4. The molecule has 2 nitrogen and oxygen atoms in total. The highest BCUT2D eigenvalue weighted by Gasteiger charge is 2.23. The van der Waals surface area contributed by atoms with Crippen molar-refractivity contribution < 1.29 is 4.39 Å². The van der Waals surface area contributed by atoms with Gasteiger partial charge in [0.1, 0.15) is 16.9 Å². The molecule has 4 rings (SSSR count). The van der Waals surface area contributed by atoms with Gasteiger partial charge in [-0.2, -0.15) is 8.75 Å². The third-order valence-corrected chi connectivity index (χ3v) is 13.4. The van der Waals surface area contributed by atoms with Crippen LogP contribution >= 0.6 is 66.3 Å². The molecule has 0 radical (unpaired) electrons. The minimum Gasteiger partial charge on any atom is -0.206 e. The van der Waals surface area contributed by atoms with Gasteiger partial charge in [-0.3, -0.25) is 0 Å².